The number of aromatic nitrogens is 2. The molecule has 1 aliphatic heterocycles. The molecule has 0 aliphatic carbocycles. The van der Waals surface area contributed by atoms with Crippen molar-refractivity contribution >= 4 is 22.3 Å². The average Bonchev–Trinajstić information content (AvgIpc) is 2.87. The van der Waals surface area contributed by atoms with Crippen LogP contribution in [0.15, 0.2) is 16.2 Å². The predicted octanol–water partition coefficient (Wildman–Crippen LogP) is 0.945. The monoisotopic (exact) mass is 335 g/mol. The summed E-state index contributed by atoms with van der Waals surface area (Å²) in [6, 6.07) is 1.15. The van der Waals surface area contributed by atoms with E-state index in [2.05, 4.69) is 15.2 Å². The molecule has 0 unspecified atom stereocenters. The van der Waals surface area contributed by atoms with E-state index in [1.54, 1.807) is 10.5 Å². The van der Waals surface area contributed by atoms with E-state index in [-0.39, 0.29) is 5.56 Å². The summed E-state index contributed by atoms with van der Waals surface area (Å²) in [5.41, 5.74) is 6.84. The normalized spacial score (nSPS) is 19.1. The number of carbonyl (C=O) groups is 1. The Labute approximate surface area is 138 Å². The minimum absolute atomic E-state index is 0.0206. The average molecular weight is 335 g/mol. The molecule has 0 aromatic carbocycles. The van der Waals surface area contributed by atoms with Crippen LogP contribution in [0.2, 0.25) is 0 Å². The predicted molar refractivity (Wildman–Crippen MR) is 89.7 cm³/mol. The quantitative estimate of drug-likeness (QED) is 0.870. The number of thiazole rings is 1. The number of hydrogen-bond acceptors (Lipinski definition) is 5. The van der Waals surface area contributed by atoms with Gasteiger partial charge in [-0.25, -0.2) is 9.78 Å². The van der Waals surface area contributed by atoms with Gasteiger partial charge in [-0.3, -0.25) is 14.1 Å². The lowest BCUT2D eigenvalue weighted by atomic mass is 9.98. The molecule has 124 valence electrons. The van der Waals surface area contributed by atoms with Crippen molar-refractivity contribution in [2.24, 2.45) is 11.7 Å². The molecule has 1 aliphatic rings. The highest BCUT2D eigenvalue weighted by Gasteiger charge is 2.21. The van der Waals surface area contributed by atoms with Gasteiger partial charge < -0.3 is 11.1 Å². The van der Waals surface area contributed by atoms with Crippen LogP contribution >= 0.6 is 11.3 Å². The first-order chi connectivity index (χ1) is 11.0. The van der Waals surface area contributed by atoms with E-state index in [0.717, 1.165) is 42.3 Å². The third-order valence-electron chi connectivity index (χ3n) is 4.18. The van der Waals surface area contributed by atoms with E-state index in [0.29, 0.717) is 19.0 Å². The summed E-state index contributed by atoms with van der Waals surface area (Å²) < 4.78 is 1.64. The number of nitrogens with one attached hydrogen (secondary N) is 1. The zero-order chi connectivity index (χ0) is 16.4. The molecule has 0 saturated carbocycles. The summed E-state index contributed by atoms with van der Waals surface area (Å²) in [6.07, 6.45) is 2.15. The number of carbonyl (C=O) groups excluding carboxylic acids is 1. The maximum absolute atomic E-state index is 12.2. The largest absolute Gasteiger partial charge is 0.352 e. The van der Waals surface area contributed by atoms with Gasteiger partial charge in [0.15, 0.2) is 4.96 Å². The Balaban J connectivity index is 1.69. The lowest BCUT2D eigenvalue weighted by Crippen LogP contribution is -2.42. The molecule has 1 fully saturated rings. The molecule has 2 amide bonds. The van der Waals surface area contributed by atoms with Crippen LogP contribution < -0.4 is 16.6 Å². The zero-order valence-electron chi connectivity index (χ0n) is 13.1. The Kier molecular flexibility index (Phi) is 4.63. The molecular formula is C15H21N5O2S. The first-order valence-corrected chi connectivity index (χ1v) is 8.63. The molecule has 1 saturated heterocycles. The lowest BCUT2D eigenvalue weighted by Gasteiger charge is -2.32. The Bertz CT molecular complexity index is 769. The molecule has 3 rings (SSSR count). The number of primary amides is 1. The summed E-state index contributed by atoms with van der Waals surface area (Å²) in [5, 5.41) is 4.62. The Morgan fingerprint density at radius 2 is 2.39 bits per heavy atom. The van der Waals surface area contributed by atoms with Crippen LogP contribution in [-0.2, 0) is 6.54 Å². The van der Waals surface area contributed by atoms with Crippen molar-refractivity contribution in [2.75, 3.05) is 19.6 Å². The van der Waals surface area contributed by atoms with Gasteiger partial charge in [-0.1, -0.05) is 0 Å². The number of piperidine rings is 1. The van der Waals surface area contributed by atoms with Crippen LogP contribution in [0.1, 0.15) is 24.2 Å². The van der Waals surface area contributed by atoms with Crippen LogP contribution in [0.4, 0.5) is 4.79 Å². The van der Waals surface area contributed by atoms with Crippen molar-refractivity contribution in [2.45, 2.75) is 26.3 Å². The lowest BCUT2D eigenvalue weighted by molar-refractivity contribution is 0.164. The van der Waals surface area contributed by atoms with E-state index >= 15 is 0 Å². The number of likely N-dealkylation sites (tertiary alicyclic amines) is 1. The molecule has 2 aromatic heterocycles. The summed E-state index contributed by atoms with van der Waals surface area (Å²) in [4.78, 5) is 30.7. The summed E-state index contributed by atoms with van der Waals surface area (Å²) >= 11 is 1.49. The van der Waals surface area contributed by atoms with Gasteiger partial charge in [-0.15, -0.1) is 11.3 Å². The molecule has 23 heavy (non-hydrogen) atoms. The third kappa shape index (κ3) is 3.70. The molecule has 2 aromatic rings. The van der Waals surface area contributed by atoms with Gasteiger partial charge in [0.2, 0.25) is 0 Å². The highest BCUT2D eigenvalue weighted by Crippen LogP contribution is 2.18. The molecule has 3 N–H and O–H groups in total. The number of urea groups is 1. The van der Waals surface area contributed by atoms with Crippen LogP contribution in [0.25, 0.3) is 4.96 Å². The van der Waals surface area contributed by atoms with Gasteiger partial charge in [-0.05, 0) is 32.2 Å². The van der Waals surface area contributed by atoms with Crippen molar-refractivity contribution in [3.63, 3.8) is 0 Å². The number of amides is 2. The van der Waals surface area contributed by atoms with Crippen molar-refractivity contribution in [3.05, 3.63) is 33.2 Å². The van der Waals surface area contributed by atoms with Crippen LogP contribution in [0.3, 0.4) is 0 Å². The van der Waals surface area contributed by atoms with Gasteiger partial charge in [-0.2, -0.15) is 0 Å². The molecule has 1 atom stereocenters. The van der Waals surface area contributed by atoms with Gasteiger partial charge in [0.25, 0.3) is 5.56 Å². The number of aryl methyl sites for hydroxylation is 1. The maximum Gasteiger partial charge on any atom is 0.312 e. The van der Waals surface area contributed by atoms with Crippen molar-refractivity contribution < 1.29 is 4.79 Å². The minimum atomic E-state index is -0.477. The fourth-order valence-corrected chi connectivity index (χ4v) is 4.01. The smallest absolute Gasteiger partial charge is 0.312 e. The zero-order valence-corrected chi connectivity index (χ0v) is 13.9. The molecular weight excluding hydrogens is 314 g/mol. The number of rotatable bonds is 4. The third-order valence-corrected chi connectivity index (χ3v) is 5.13. The first kappa shape index (κ1) is 15.9. The van der Waals surface area contributed by atoms with Crippen molar-refractivity contribution in [1.29, 1.82) is 0 Å². The van der Waals surface area contributed by atoms with Crippen LogP contribution in [0, 0.1) is 12.8 Å². The summed E-state index contributed by atoms with van der Waals surface area (Å²) in [7, 11) is 0. The fraction of sp³-hybridized carbons (Fsp3) is 0.533. The number of nitrogens with two attached hydrogens (primary N) is 1. The molecule has 0 radical (unpaired) electrons. The van der Waals surface area contributed by atoms with Gasteiger partial charge in [0.05, 0.1) is 5.69 Å². The van der Waals surface area contributed by atoms with Gasteiger partial charge in [0, 0.05) is 36.8 Å². The summed E-state index contributed by atoms with van der Waals surface area (Å²) in [6.45, 7) is 5.04. The van der Waals surface area contributed by atoms with E-state index in [9.17, 15) is 9.59 Å². The molecule has 0 bridgehead atoms. The molecule has 0 spiro atoms. The number of nitrogens with zero attached hydrogens (tertiary/aromatic N) is 3. The Morgan fingerprint density at radius 1 is 1.57 bits per heavy atom. The second kappa shape index (κ2) is 6.67. The number of hydrogen-bond donors (Lipinski definition) is 2. The molecule has 3 heterocycles. The maximum atomic E-state index is 12.2. The highest BCUT2D eigenvalue weighted by atomic mass is 32.1. The van der Waals surface area contributed by atoms with E-state index in [1.165, 1.54) is 11.3 Å². The summed E-state index contributed by atoms with van der Waals surface area (Å²) in [5.74, 6) is 0.394. The Hall–Kier alpha value is -1.93. The number of fused-ring (bicyclic) bond motifs is 1. The second-order valence-electron chi connectivity index (χ2n) is 6.07. The topological polar surface area (TPSA) is 92.7 Å². The Morgan fingerprint density at radius 3 is 3.17 bits per heavy atom. The van der Waals surface area contributed by atoms with Crippen molar-refractivity contribution in [1.82, 2.24) is 19.6 Å². The molecule has 8 heteroatoms. The van der Waals surface area contributed by atoms with Crippen LogP contribution in [0.5, 0.6) is 0 Å². The van der Waals surface area contributed by atoms with Gasteiger partial charge in [0.1, 0.15) is 0 Å². The van der Waals surface area contributed by atoms with Gasteiger partial charge >= 0.3 is 6.03 Å². The minimum Gasteiger partial charge on any atom is -0.352 e. The van der Waals surface area contributed by atoms with Crippen LogP contribution in [-0.4, -0.2) is 39.9 Å². The fourth-order valence-electron chi connectivity index (χ4n) is 3.12. The standard InChI is InChI=1S/C15H21N5O2S/c1-10-9-23-15-18-12(5-13(21)20(10)15)8-19-4-2-3-11(7-19)6-17-14(16)22/h5,9,11H,2-4,6-8H2,1H3,(H3,16,17,22)/t11-/m1/s1. The van der Waals surface area contributed by atoms with Crippen molar-refractivity contribution in [3.8, 4) is 0 Å². The highest BCUT2D eigenvalue weighted by molar-refractivity contribution is 7.15. The van der Waals surface area contributed by atoms with E-state index in [4.69, 9.17) is 5.73 Å². The SMILES string of the molecule is Cc1csc2nc(CN3CCC[C@H](CNC(N)=O)C3)cc(=O)n12. The molecule has 7 nitrogen and oxygen atoms in total. The van der Waals surface area contributed by atoms with E-state index < -0.39 is 6.03 Å². The second-order valence-corrected chi connectivity index (χ2v) is 6.91. The van der Waals surface area contributed by atoms with E-state index in [1.807, 2.05) is 12.3 Å². The first-order valence-electron chi connectivity index (χ1n) is 7.75.